The Hall–Kier alpha value is -0.170. The molecule has 1 fully saturated rings. The van der Waals surface area contributed by atoms with E-state index in [9.17, 15) is 0 Å². The highest BCUT2D eigenvalue weighted by atomic mass is 16.5. The molecule has 1 rings (SSSR count). The van der Waals surface area contributed by atoms with Gasteiger partial charge in [-0.3, -0.25) is 0 Å². The lowest BCUT2D eigenvalue weighted by atomic mass is 10.3. The van der Waals surface area contributed by atoms with Crippen LogP contribution in [0.5, 0.6) is 0 Å². The maximum Gasteiger partial charge on any atom is 0.0989 e. The molecule has 0 spiro atoms. The standard InChI is InChI=1S/C5H8O/c1-5-3-2-4-6-5/h1-4H2. The van der Waals surface area contributed by atoms with Crippen LogP contribution in [0.1, 0.15) is 12.8 Å². The molecule has 0 bridgehead atoms. The molecular formula is C5H8O. The first-order valence-electron chi connectivity index (χ1n) is 2.20. The van der Waals surface area contributed by atoms with Gasteiger partial charge < -0.3 is 0 Å². The molecule has 0 amide bonds. The predicted molar refractivity (Wildman–Crippen MR) is 23.8 cm³/mol. The van der Waals surface area contributed by atoms with Crippen LogP contribution in [0.15, 0.2) is 0 Å². The molecule has 1 saturated heterocycles. The molecule has 0 saturated carbocycles. The fourth-order valence-electron chi connectivity index (χ4n) is 0.558. The lowest BCUT2D eigenvalue weighted by molar-refractivity contribution is 0.219. The summed E-state index contributed by atoms with van der Waals surface area (Å²) in [6.45, 7) is 4.52. The molecule has 0 radical (unpaired) electrons. The molecule has 34 valence electrons. The Morgan fingerprint density at radius 2 is 2.50 bits per heavy atom. The minimum Gasteiger partial charge on any atom is -0.230 e. The van der Waals surface area contributed by atoms with Gasteiger partial charge >= 0.3 is 0 Å². The highest BCUT2D eigenvalue weighted by molar-refractivity contribution is 4.84. The van der Waals surface area contributed by atoms with Crippen molar-refractivity contribution in [2.24, 2.45) is 0 Å². The average Bonchev–Trinajstić information content (AvgIpc) is 1.86. The molecule has 1 heterocycles. The summed E-state index contributed by atoms with van der Waals surface area (Å²) in [5, 5.41) is 0. The van der Waals surface area contributed by atoms with Crippen LogP contribution in [0.2, 0.25) is 0 Å². The molecule has 1 heteroatoms. The van der Waals surface area contributed by atoms with Gasteiger partial charge in [0.05, 0.1) is 19.1 Å². The predicted octanol–water partition coefficient (Wildman–Crippen LogP) is 1.16. The van der Waals surface area contributed by atoms with Crippen LogP contribution in [-0.2, 0) is 4.74 Å². The maximum atomic E-state index is 4.96. The number of hydrogen-bond donors (Lipinski definition) is 0. The summed E-state index contributed by atoms with van der Waals surface area (Å²) < 4.78 is 4.96. The van der Waals surface area contributed by atoms with E-state index in [-0.39, 0.29) is 0 Å². The van der Waals surface area contributed by atoms with E-state index in [0.717, 1.165) is 19.1 Å². The first-order chi connectivity index (χ1) is 2.89. The third-order valence-corrected chi connectivity index (χ3v) is 0.906. The van der Waals surface area contributed by atoms with E-state index in [2.05, 4.69) is 6.92 Å². The largest absolute Gasteiger partial charge is 0.230 e. The second kappa shape index (κ2) is 1.52. The molecule has 1 aliphatic rings. The van der Waals surface area contributed by atoms with Crippen LogP contribution < -0.4 is 0 Å². The van der Waals surface area contributed by atoms with E-state index >= 15 is 0 Å². The number of ether oxygens (including phenoxy) is 1. The Balaban J connectivity index is 2.18. The van der Waals surface area contributed by atoms with Crippen LogP contribution >= 0.6 is 0 Å². The summed E-state index contributed by atoms with van der Waals surface area (Å²) in [7, 11) is 0. The van der Waals surface area contributed by atoms with Crippen molar-refractivity contribution in [2.75, 3.05) is 6.61 Å². The molecule has 0 aromatic heterocycles. The Morgan fingerprint density at radius 1 is 1.67 bits per heavy atom. The van der Waals surface area contributed by atoms with Gasteiger partial charge in [-0.1, -0.05) is 0 Å². The van der Waals surface area contributed by atoms with Crippen molar-refractivity contribution in [3.63, 3.8) is 0 Å². The van der Waals surface area contributed by atoms with Gasteiger partial charge in [-0.05, 0) is 0 Å². The molecule has 0 N–H and O–H groups in total. The van der Waals surface area contributed by atoms with Crippen molar-refractivity contribution in [1.82, 2.24) is 0 Å². The molecule has 0 aromatic rings. The Morgan fingerprint density at radius 3 is 2.67 bits per heavy atom. The summed E-state index contributed by atoms with van der Waals surface area (Å²) in [5.74, 6) is 0. The molecule has 6 heavy (non-hydrogen) atoms. The van der Waals surface area contributed by atoms with E-state index in [0.29, 0.717) is 0 Å². The molecule has 1 nitrogen and oxygen atoms in total. The van der Waals surface area contributed by atoms with Crippen LogP contribution in [0.25, 0.3) is 0 Å². The molecule has 0 unspecified atom stereocenters. The monoisotopic (exact) mass is 84.1 g/mol. The van der Waals surface area contributed by atoms with Crippen molar-refractivity contribution >= 4 is 0 Å². The summed E-state index contributed by atoms with van der Waals surface area (Å²) in [6.07, 6.45) is 3.19. The Kier molecular flexibility index (Phi) is 1.01. The van der Waals surface area contributed by atoms with Gasteiger partial charge in [0.15, 0.2) is 0 Å². The molecule has 0 aromatic carbocycles. The van der Waals surface area contributed by atoms with E-state index in [4.69, 9.17) is 4.74 Å². The third kappa shape index (κ3) is 0.658. The second-order valence-electron chi connectivity index (χ2n) is 1.49. The van der Waals surface area contributed by atoms with E-state index in [1.807, 2.05) is 0 Å². The summed E-state index contributed by atoms with van der Waals surface area (Å²) in [5.41, 5.74) is 0. The Bertz CT molecular complexity index is 37.2. The van der Waals surface area contributed by atoms with Crippen LogP contribution in [0, 0.1) is 13.0 Å². The molecule has 0 aliphatic carbocycles. The summed E-state index contributed by atoms with van der Waals surface area (Å²) in [6, 6.07) is 0. The first-order valence-corrected chi connectivity index (χ1v) is 2.20. The van der Waals surface area contributed by atoms with Crippen LogP contribution in [0.3, 0.4) is 0 Å². The molecule has 0 atom stereocenters. The van der Waals surface area contributed by atoms with Crippen molar-refractivity contribution in [2.45, 2.75) is 12.8 Å². The Labute approximate surface area is 38.3 Å². The normalized spacial score (nSPS) is 22.5. The van der Waals surface area contributed by atoms with Crippen LogP contribution in [-0.4, -0.2) is 6.61 Å². The van der Waals surface area contributed by atoms with Crippen LogP contribution in [0.4, 0.5) is 0 Å². The fraction of sp³-hybridized carbons (Fsp3) is 0.600. The smallest absolute Gasteiger partial charge is 0.0989 e. The SMILES string of the molecule is [CH2-][C+]1CCCO1. The summed E-state index contributed by atoms with van der Waals surface area (Å²) in [4.78, 5) is 0. The quantitative estimate of drug-likeness (QED) is 0.400. The minimum atomic E-state index is 0.888. The van der Waals surface area contributed by atoms with Crippen molar-refractivity contribution in [3.8, 4) is 0 Å². The topological polar surface area (TPSA) is 9.23 Å². The van der Waals surface area contributed by atoms with E-state index in [1.54, 1.807) is 0 Å². The van der Waals surface area contributed by atoms with Gasteiger partial charge in [-0.25, -0.2) is 4.74 Å². The molecule has 1 aliphatic heterocycles. The lowest BCUT2D eigenvalue weighted by Gasteiger charge is -1.87. The average molecular weight is 84.1 g/mol. The highest BCUT2D eigenvalue weighted by Gasteiger charge is 2.13. The molecular weight excluding hydrogens is 76.1 g/mol. The van der Waals surface area contributed by atoms with Crippen molar-refractivity contribution < 1.29 is 4.74 Å². The van der Waals surface area contributed by atoms with Gasteiger partial charge in [0, 0.05) is 6.42 Å². The highest BCUT2D eigenvalue weighted by Crippen LogP contribution is 2.16. The lowest BCUT2D eigenvalue weighted by Crippen LogP contribution is -1.83. The zero-order chi connectivity index (χ0) is 4.41. The van der Waals surface area contributed by atoms with Gasteiger partial charge in [0.2, 0.25) is 0 Å². The fourth-order valence-corrected chi connectivity index (χ4v) is 0.558. The minimum absolute atomic E-state index is 0.888. The van der Waals surface area contributed by atoms with E-state index in [1.165, 1.54) is 6.42 Å². The number of rotatable bonds is 0. The van der Waals surface area contributed by atoms with Gasteiger partial charge in [-0.2, -0.15) is 0 Å². The van der Waals surface area contributed by atoms with Gasteiger partial charge in [0.1, 0.15) is 0 Å². The van der Waals surface area contributed by atoms with Crippen molar-refractivity contribution in [3.05, 3.63) is 13.0 Å². The zero-order valence-electron chi connectivity index (χ0n) is 3.74. The maximum absolute atomic E-state index is 4.96. The second-order valence-corrected chi connectivity index (χ2v) is 1.49. The van der Waals surface area contributed by atoms with Crippen molar-refractivity contribution in [1.29, 1.82) is 0 Å². The zero-order valence-corrected chi connectivity index (χ0v) is 3.74. The number of hydrogen-bond acceptors (Lipinski definition) is 1. The third-order valence-electron chi connectivity index (χ3n) is 0.906. The summed E-state index contributed by atoms with van der Waals surface area (Å²) >= 11 is 0. The van der Waals surface area contributed by atoms with Gasteiger partial charge in [-0.15, -0.1) is 6.92 Å². The van der Waals surface area contributed by atoms with Gasteiger partial charge in [0.25, 0.3) is 0 Å². The van der Waals surface area contributed by atoms with E-state index < -0.39 is 0 Å². The first kappa shape index (κ1) is 4.00.